The quantitative estimate of drug-likeness (QED) is 0.828. The van der Waals surface area contributed by atoms with Crippen LogP contribution in [0.2, 0.25) is 0 Å². The first-order chi connectivity index (χ1) is 12.1. The number of aromatic amines is 1. The van der Waals surface area contributed by atoms with Crippen LogP contribution < -0.4 is 15.8 Å². The van der Waals surface area contributed by atoms with Gasteiger partial charge in [-0.1, -0.05) is 5.92 Å². The summed E-state index contributed by atoms with van der Waals surface area (Å²) >= 11 is 0. The molecule has 0 bridgehead atoms. The minimum atomic E-state index is -0.246. The predicted molar refractivity (Wildman–Crippen MR) is 99.0 cm³/mol. The molecule has 25 heavy (non-hydrogen) atoms. The van der Waals surface area contributed by atoms with Crippen molar-refractivity contribution in [3.05, 3.63) is 39.7 Å². The van der Waals surface area contributed by atoms with Crippen molar-refractivity contribution in [3.63, 3.8) is 0 Å². The topological polar surface area (TPSA) is 65.2 Å². The third-order valence-electron chi connectivity index (χ3n) is 5.72. The van der Waals surface area contributed by atoms with Gasteiger partial charge >= 0.3 is 0 Å². The van der Waals surface area contributed by atoms with Crippen molar-refractivity contribution in [2.24, 2.45) is 5.41 Å². The number of hydrogen-bond donors (Lipinski definition) is 2. The molecule has 5 heteroatoms. The highest BCUT2D eigenvalue weighted by atomic mass is 16.1. The summed E-state index contributed by atoms with van der Waals surface area (Å²) < 4.78 is 0. The molecule has 4 rings (SSSR count). The molecular formula is C20H21N3O2. The number of pyridine rings is 1. The minimum absolute atomic E-state index is 0.156. The molecule has 0 atom stereocenters. The molecule has 1 saturated heterocycles. The van der Waals surface area contributed by atoms with Gasteiger partial charge in [0.15, 0.2) is 0 Å². The van der Waals surface area contributed by atoms with Gasteiger partial charge in [0.05, 0.1) is 11.2 Å². The Morgan fingerprint density at radius 1 is 1.28 bits per heavy atom. The normalized spacial score (nSPS) is 18.2. The largest absolute Gasteiger partial charge is 0.370 e. The van der Waals surface area contributed by atoms with Gasteiger partial charge in [-0.15, -0.1) is 6.42 Å². The van der Waals surface area contributed by atoms with Crippen LogP contribution in [0.5, 0.6) is 0 Å². The molecule has 1 spiro atoms. The predicted octanol–water partition coefficient (Wildman–Crippen LogP) is 2.25. The number of anilines is 1. The minimum Gasteiger partial charge on any atom is -0.370 e. The number of amides is 1. The number of terminal acetylenes is 1. The van der Waals surface area contributed by atoms with Gasteiger partial charge in [-0.25, -0.2) is 0 Å². The molecule has 1 aromatic heterocycles. The Hall–Kier alpha value is -2.74. The Kier molecular flexibility index (Phi) is 3.57. The second kappa shape index (κ2) is 5.66. The maximum atomic E-state index is 12.4. The van der Waals surface area contributed by atoms with Crippen LogP contribution in [0.25, 0.3) is 10.9 Å². The zero-order valence-corrected chi connectivity index (χ0v) is 14.3. The average Bonchev–Trinajstić information content (AvgIpc) is 3.39. The van der Waals surface area contributed by atoms with E-state index in [4.69, 9.17) is 6.42 Å². The van der Waals surface area contributed by atoms with Crippen LogP contribution in [0, 0.1) is 17.8 Å². The highest BCUT2D eigenvalue weighted by Crippen LogP contribution is 2.54. The molecule has 2 aromatic rings. The Labute approximate surface area is 146 Å². The molecule has 128 valence electrons. The number of hydrogen-bond acceptors (Lipinski definition) is 3. The van der Waals surface area contributed by atoms with Crippen molar-refractivity contribution in [3.8, 4) is 12.3 Å². The van der Waals surface area contributed by atoms with E-state index < -0.39 is 0 Å². The maximum absolute atomic E-state index is 12.4. The Morgan fingerprint density at radius 2 is 2.00 bits per heavy atom. The van der Waals surface area contributed by atoms with Gasteiger partial charge in [0.25, 0.3) is 11.5 Å². The first kappa shape index (κ1) is 15.8. The lowest BCUT2D eigenvalue weighted by Gasteiger charge is -2.35. The molecule has 1 aliphatic carbocycles. The van der Waals surface area contributed by atoms with E-state index >= 15 is 0 Å². The summed E-state index contributed by atoms with van der Waals surface area (Å²) in [6.07, 6.45) is 10.6. The molecule has 1 saturated carbocycles. The van der Waals surface area contributed by atoms with Gasteiger partial charge < -0.3 is 15.2 Å². The lowest BCUT2D eigenvalue weighted by molar-refractivity contribution is 0.0963. The second-order valence-corrected chi connectivity index (χ2v) is 7.15. The molecular weight excluding hydrogens is 314 g/mol. The van der Waals surface area contributed by atoms with Gasteiger partial charge in [-0.2, -0.15) is 0 Å². The lowest BCUT2D eigenvalue weighted by atomic mass is 9.92. The number of H-pyrrole nitrogens is 1. The van der Waals surface area contributed by atoms with E-state index in [9.17, 15) is 9.59 Å². The number of fused-ring (bicyclic) bond motifs is 1. The van der Waals surface area contributed by atoms with Crippen LogP contribution in [0.3, 0.4) is 0 Å². The van der Waals surface area contributed by atoms with Crippen molar-refractivity contribution in [2.45, 2.75) is 25.7 Å². The Morgan fingerprint density at radius 3 is 2.60 bits per heavy atom. The lowest BCUT2D eigenvalue weighted by Crippen LogP contribution is -2.36. The summed E-state index contributed by atoms with van der Waals surface area (Å²) in [5, 5.41) is 3.47. The van der Waals surface area contributed by atoms with Gasteiger partial charge in [0, 0.05) is 31.1 Å². The summed E-state index contributed by atoms with van der Waals surface area (Å²) in [5.74, 6) is 2.41. The highest BCUT2D eigenvalue weighted by Gasteiger charge is 2.44. The molecule has 2 fully saturated rings. The van der Waals surface area contributed by atoms with E-state index in [-0.39, 0.29) is 11.5 Å². The molecule has 5 nitrogen and oxygen atoms in total. The number of rotatable bonds is 2. The van der Waals surface area contributed by atoms with E-state index in [1.165, 1.54) is 12.8 Å². The number of carbonyl (C=O) groups excluding carboxylic acids is 1. The molecule has 1 aliphatic heterocycles. The summed E-state index contributed by atoms with van der Waals surface area (Å²) in [5.41, 5.74) is 2.71. The smallest absolute Gasteiger partial charge is 0.266 e. The van der Waals surface area contributed by atoms with E-state index in [1.54, 1.807) is 19.2 Å². The van der Waals surface area contributed by atoms with Crippen LogP contribution in [-0.2, 0) is 0 Å². The molecule has 1 amide bonds. The standard InChI is InChI=1S/C20H21N3O2/c1-3-14-17(23-10-8-20(6-7-20)9-11-23)15-12-13(18(24)21-2)4-5-16(15)22-19(14)25/h1,4-5,12H,6-11H2,2H3,(H,21,24)(H,22,25). The number of nitrogens with zero attached hydrogens (tertiary/aromatic N) is 1. The summed E-state index contributed by atoms with van der Waals surface area (Å²) in [6.45, 7) is 1.80. The van der Waals surface area contributed by atoms with Crippen molar-refractivity contribution in [2.75, 3.05) is 25.0 Å². The molecule has 2 heterocycles. The molecule has 2 aliphatic rings. The highest BCUT2D eigenvalue weighted by molar-refractivity contribution is 6.02. The van der Waals surface area contributed by atoms with E-state index in [2.05, 4.69) is 21.1 Å². The van der Waals surface area contributed by atoms with E-state index in [0.29, 0.717) is 22.1 Å². The van der Waals surface area contributed by atoms with Crippen molar-refractivity contribution >= 4 is 22.5 Å². The fraction of sp³-hybridized carbons (Fsp3) is 0.400. The molecule has 0 unspecified atom stereocenters. The van der Waals surface area contributed by atoms with Crippen LogP contribution in [0.1, 0.15) is 41.6 Å². The van der Waals surface area contributed by atoms with Gasteiger partial charge in [0.2, 0.25) is 0 Å². The Balaban J connectivity index is 1.88. The monoisotopic (exact) mass is 335 g/mol. The van der Waals surface area contributed by atoms with Crippen LogP contribution in [0.15, 0.2) is 23.0 Å². The number of nitrogens with one attached hydrogen (secondary N) is 2. The summed E-state index contributed by atoms with van der Waals surface area (Å²) in [7, 11) is 1.60. The third kappa shape index (κ3) is 2.58. The van der Waals surface area contributed by atoms with E-state index in [0.717, 1.165) is 37.0 Å². The number of piperidine rings is 1. The van der Waals surface area contributed by atoms with Gasteiger partial charge in [-0.3, -0.25) is 9.59 Å². The number of carbonyl (C=O) groups is 1. The summed E-state index contributed by atoms with van der Waals surface area (Å²) in [4.78, 5) is 29.5. The third-order valence-corrected chi connectivity index (χ3v) is 5.72. The van der Waals surface area contributed by atoms with Crippen molar-refractivity contribution in [1.82, 2.24) is 10.3 Å². The van der Waals surface area contributed by atoms with E-state index in [1.807, 2.05) is 6.07 Å². The molecule has 2 N–H and O–H groups in total. The van der Waals surface area contributed by atoms with Crippen molar-refractivity contribution in [1.29, 1.82) is 0 Å². The zero-order chi connectivity index (χ0) is 17.6. The first-order valence-electron chi connectivity index (χ1n) is 8.71. The summed E-state index contributed by atoms with van der Waals surface area (Å²) in [6, 6.07) is 5.31. The fourth-order valence-electron chi connectivity index (χ4n) is 3.91. The average molecular weight is 335 g/mol. The first-order valence-corrected chi connectivity index (χ1v) is 8.71. The SMILES string of the molecule is C#Cc1c(N2CCC3(CC2)CC3)c2cc(C(=O)NC)ccc2[nH]c1=O. The zero-order valence-electron chi connectivity index (χ0n) is 14.3. The van der Waals surface area contributed by atoms with Crippen LogP contribution in [0.4, 0.5) is 5.69 Å². The second-order valence-electron chi connectivity index (χ2n) is 7.15. The maximum Gasteiger partial charge on any atom is 0.266 e. The molecule has 0 radical (unpaired) electrons. The van der Waals surface area contributed by atoms with Gasteiger partial charge in [-0.05, 0) is 49.3 Å². The van der Waals surface area contributed by atoms with Crippen LogP contribution >= 0.6 is 0 Å². The van der Waals surface area contributed by atoms with Gasteiger partial charge in [0.1, 0.15) is 5.56 Å². The molecule has 1 aromatic carbocycles. The van der Waals surface area contributed by atoms with Crippen molar-refractivity contribution < 1.29 is 4.79 Å². The number of aromatic nitrogens is 1. The van der Waals surface area contributed by atoms with Crippen LogP contribution in [-0.4, -0.2) is 31.0 Å². The fourth-order valence-corrected chi connectivity index (χ4v) is 3.91. The Bertz CT molecular complexity index is 953. The number of benzene rings is 1.